The van der Waals surface area contributed by atoms with Gasteiger partial charge in [0.15, 0.2) is 0 Å². The lowest BCUT2D eigenvalue weighted by atomic mass is 10.1. The van der Waals surface area contributed by atoms with Crippen molar-refractivity contribution in [3.63, 3.8) is 0 Å². The molecular weight excluding hydrogens is 176 g/mol. The molecule has 1 heterocycles. The van der Waals surface area contributed by atoms with Crippen molar-refractivity contribution >= 4 is 5.97 Å². The SMILES string of the molecule is CCC1CCCCCCCCC(=O)O1. The minimum absolute atomic E-state index is 0.0127. The van der Waals surface area contributed by atoms with Gasteiger partial charge in [0.25, 0.3) is 0 Å². The molecule has 1 rings (SSSR count). The standard InChI is InChI=1S/C12H22O2/c1-2-11-9-7-5-3-4-6-8-10-12(13)14-11/h11H,2-10H2,1H3. The highest BCUT2D eigenvalue weighted by Crippen LogP contribution is 2.16. The zero-order chi connectivity index (χ0) is 10.2. The molecule has 2 heteroatoms. The van der Waals surface area contributed by atoms with Gasteiger partial charge in [0.1, 0.15) is 6.10 Å². The minimum atomic E-state index is 0.0127. The van der Waals surface area contributed by atoms with E-state index in [4.69, 9.17) is 4.74 Å². The zero-order valence-electron chi connectivity index (χ0n) is 9.26. The van der Waals surface area contributed by atoms with Crippen LogP contribution in [0, 0.1) is 0 Å². The van der Waals surface area contributed by atoms with Crippen LogP contribution < -0.4 is 0 Å². The summed E-state index contributed by atoms with van der Waals surface area (Å²) in [6.45, 7) is 2.09. The van der Waals surface area contributed by atoms with Crippen molar-refractivity contribution < 1.29 is 9.53 Å². The molecule has 0 radical (unpaired) electrons. The van der Waals surface area contributed by atoms with Crippen molar-refractivity contribution in [2.75, 3.05) is 0 Å². The highest BCUT2D eigenvalue weighted by atomic mass is 16.5. The third-order valence-electron chi connectivity index (χ3n) is 2.91. The van der Waals surface area contributed by atoms with Gasteiger partial charge in [0.05, 0.1) is 0 Å². The summed E-state index contributed by atoms with van der Waals surface area (Å²) >= 11 is 0. The first-order chi connectivity index (χ1) is 6.83. The summed E-state index contributed by atoms with van der Waals surface area (Å²) in [7, 11) is 0. The van der Waals surface area contributed by atoms with Crippen LogP contribution >= 0.6 is 0 Å². The van der Waals surface area contributed by atoms with Gasteiger partial charge in [-0.15, -0.1) is 0 Å². The summed E-state index contributed by atoms with van der Waals surface area (Å²) in [5, 5.41) is 0. The van der Waals surface area contributed by atoms with Crippen LogP contribution in [0.25, 0.3) is 0 Å². The molecule has 0 aromatic carbocycles. The molecule has 2 nitrogen and oxygen atoms in total. The second-order valence-electron chi connectivity index (χ2n) is 4.18. The fourth-order valence-corrected chi connectivity index (χ4v) is 1.94. The average Bonchev–Trinajstić information content (AvgIpc) is 2.23. The molecular formula is C12H22O2. The molecule has 0 spiro atoms. The molecule has 0 aromatic heterocycles. The van der Waals surface area contributed by atoms with Crippen LogP contribution in [0.15, 0.2) is 0 Å². The van der Waals surface area contributed by atoms with Gasteiger partial charge in [-0.2, -0.15) is 0 Å². The van der Waals surface area contributed by atoms with Gasteiger partial charge in [-0.05, 0) is 25.7 Å². The average molecular weight is 198 g/mol. The van der Waals surface area contributed by atoms with Crippen LogP contribution in [0.5, 0.6) is 0 Å². The van der Waals surface area contributed by atoms with Gasteiger partial charge < -0.3 is 4.74 Å². The smallest absolute Gasteiger partial charge is 0.306 e. The number of cyclic esters (lactones) is 1. The summed E-state index contributed by atoms with van der Waals surface area (Å²) in [6.07, 6.45) is 10.1. The number of esters is 1. The van der Waals surface area contributed by atoms with E-state index in [1.54, 1.807) is 0 Å². The summed E-state index contributed by atoms with van der Waals surface area (Å²) in [5.41, 5.74) is 0. The van der Waals surface area contributed by atoms with Crippen molar-refractivity contribution in [3.8, 4) is 0 Å². The third kappa shape index (κ3) is 4.64. The Bertz CT molecular complexity index is 166. The van der Waals surface area contributed by atoms with Crippen molar-refractivity contribution in [1.29, 1.82) is 0 Å². The predicted molar refractivity (Wildman–Crippen MR) is 57.1 cm³/mol. The highest BCUT2D eigenvalue weighted by molar-refractivity contribution is 5.69. The normalized spacial score (nSPS) is 26.4. The number of rotatable bonds is 1. The maximum atomic E-state index is 11.4. The first-order valence-electron chi connectivity index (χ1n) is 6.02. The quantitative estimate of drug-likeness (QED) is 0.603. The number of carbonyl (C=O) groups is 1. The summed E-state index contributed by atoms with van der Waals surface area (Å²) < 4.78 is 5.39. The lowest BCUT2D eigenvalue weighted by molar-refractivity contribution is -0.149. The molecule has 1 atom stereocenters. The van der Waals surface area contributed by atoms with Crippen LogP contribution in [0.2, 0.25) is 0 Å². The first kappa shape index (κ1) is 11.5. The Balaban J connectivity index is 2.35. The van der Waals surface area contributed by atoms with E-state index in [9.17, 15) is 4.79 Å². The topological polar surface area (TPSA) is 26.3 Å². The van der Waals surface area contributed by atoms with E-state index < -0.39 is 0 Å². The molecule has 82 valence electrons. The Kier molecular flexibility index (Phi) is 5.65. The van der Waals surface area contributed by atoms with Gasteiger partial charge in [0.2, 0.25) is 0 Å². The van der Waals surface area contributed by atoms with Gasteiger partial charge >= 0.3 is 5.97 Å². The van der Waals surface area contributed by atoms with Gasteiger partial charge in [-0.3, -0.25) is 4.79 Å². The minimum Gasteiger partial charge on any atom is -0.462 e. The van der Waals surface area contributed by atoms with Crippen molar-refractivity contribution in [3.05, 3.63) is 0 Å². The second-order valence-corrected chi connectivity index (χ2v) is 4.18. The van der Waals surface area contributed by atoms with E-state index >= 15 is 0 Å². The van der Waals surface area contributed by atoms with Crippen LogP contribution in [-0.2, 0) is 9.53 Å². The third-order valence-corrected chi connectivity index (χ3v) is 2.91. The van der Waals surface area contributed by atoms with E-state index in [0.29, 0.717) is 6.42 Å². The van der Waals surface area contributed by atoms with Crippen molar-refractivity contribution in [2.45, 2.75) is 70.8 Å². The Morgan fingerprint density at radius 2 is 1.79 bits per heavy atom. The number of carbonyl (C=O) groups excluding carboxylic acids is 1. The van der Waals surface area contributed by atoms with Crippen LogP contribution in [-0.4, -0.2) is 12.1 Å². The molecule has 1 unspecified atom stereocenters. The van der Waals surface area contributed by atoms with E-state index in [1.807, 2.05) is 0 Å². The lowest BCUT2D eigenvalue weighted by Crippen LogP contribution is -2.16. The van der Waals surface area contributed by atoms with Gasteiger partial charge in [-0.1, -0.05) is 32.6 Å². The lowest BCUT2D eigenvalue weighted by Gasteiger charge is -2.15. The van der Waals surface area contributed by atoms with E-state index in [2.05, 4.69) is 6.92 Å². The van der Waals surface area contributed by atoms with E-state index in [1.165, 1.54) is 32.1 Å². The van der Waals surface area contributed by atoms with Gasteiger partial charge in [-0.25, -0.2) is 0 Å². The molecule has 0 saturated carbocycles. The number of ether oxygens (including phenoxy) is 1. The Morgan fingerprint density at radius 3 is 2.50 bits per heavy atom. The largest absolute Gasteiger partial charge is 0.462 e. The Morgan fingerprint density at radius 1 is 1.14 bits per heavy atom. The van der Waals surface area contributed by atoms with Crippen LogP contribution in [0.1, 0.15) is 64.7 Å². The summed E-state index contributed by atoms with van der Waals surface area (Å²) in [4.78, 5) is 11.4. The number of hydrogen-bond acceptors (Lipinski definition) is 2. The molecule has 0 amide bonds. The molecule has 1 aliphatic rings. The van der Waals surface area contributed by atoms with E-state index in [-0.39, 0.29) is 12.1 Å². The first-order valence-corrected chi connectivity index (χ1v) is 6.02. The van der Waals surface area contributed by atoms with Crippen molar-refractivity contribution in [1.82, 2.24) is 0 Å². The predicted octanol–water partition coefficient (Wildman–Crippen LogP) is 3.44. The summed E-state index contributed by atoms with van der Waals surface area (Å²) in [5.74, 6) is 0.0127. The highest BCUT2D eigenvalue weighted by Gasteiger charge is 2.12. The molecule has 0 bridgehead atoms. The molecule has 1 aliphatic heterocycles. The number of hydrogen-bond donors (Lipinski definition) is 0. The zero-order valence-corrected chi connectivity index (χ0v) is 9.26. The van der Waals surface area contributed by atoms with Crippen LogP contribution in [0.4, 0.5) is 0 Å². The second kappa shape index (κ2) is 6.86. The summed E-state index contributed by atoms with van der Waals surface area (Å²) in [6, 6.07) is 0. The van der Waals surface area contributed by atoms with E-state index in [0.717, 1.165) is 19.3 Å². The molecule has 14 heavy (non-hydrogen) atoms. The maximum absolute atomic E-state index is 11.4. The molecule has 0 aliphatic carbocycles. The fraction of sp³-hybridized carbons (Fsp3) is 0.917. The molecule has 1 fully saturated rings. The van der Waals surface area contributed by atoms with Crippen molar-refractivity contribution in [2.24, 2.45) is 0 Å². The Hall–Kier alpha value is -0.530. The maximum Gasteiger partial charge on any atom is 0.306 e. The molecule has 0 aromatic rings. The van der Waals surface area contributed by atoms with Crippen LogP contribution in [0.3, 0.4) is 0 Å². The Labute approximate surface area is 87.0 Å². The molecule has 0 N–H and O–H groups in total. The fourth-order valence-electron chi connectivity index (χ4n) is 1.94. The monoisotopic (exact) mass is 198 g/mol. The molecule has 1 saturated heterocycles. The van der Waals surface area contributed by atoms with Gasteiger partial charge in [0, 0.05) is 6.42 Å².